The second-order valence-corrected chi connectivity index (χ2v) is 4.52. The Morgan fingerprint density at radius 1 is 1.28 bits per heavy atom. The molecule has 0 rings (SSSR count). The number of carbonyl (C=O) groups excluding carboxylic acids is 1. The molecular formula is C13H25NO4. The number of ether oxygens (including phenoxy) is 1. The number of aliphatic carboxylic acids is 1. The molecule has 0 aromatic heterocycles. The number of carbonyl (C=O) groups is 2. The third kappa shape index (κ3) is 8.06. The van der Waals surface area contributed by atoms with E-state index in [9.17, 15) is 9.59 Å². The van der Waals surface area contributed by atoms with Crippen molar-refractivity contribution in [1.82, 2.24) is 4.90 Å². The number of hydrogen-bond donors (Lipinski definition) is 1. The van der Waals surface area contributed by atoms with E-state index in [1.807, 2.05) is 0 Å². The highest BCUT2D eigenvalue weighted by molar-refractivity contribution is 5.75. The van der Waals surface area contributed by atoms with Crippen LogP contribution in [0.5, 0.6) is 0 Å². The van der Waals surface area contributed by atoms with Crippen molar-refractivity contribution >= 4 is 11.9 Å². The number of amides is 1. The zero-order chi connectivity index (χ0) is 14.0. The molecule has 5 nitrogen and oxygen atoms in total. The molecule has 0 saturated carbocycles. The molecule has 106 valence electrons. The minimum Gasteiger partial charge on any atom is -0.481 e. The third-order valence-electron chi connectivity index (χ3n) is 2.72. The summed E-state index contributed by atoms with van der Waals surface area (Å²) in [5, 5.41) is 8.82. The van der Waals surface area contributed by atoms with E-state index in [0.29, 0.717) is 13.2 Å². The van der Waals surface area contributed by atoms with Crippen LogP contribution in [0.4, 0.5) is 0 Å². The number of carboxylic acid groups (broad SMARTS) is 1. The van der Waals surface area contributed by atoms with Gasteiger partial charge in [-0.25, -0.2) is 0 Å². The quantitative estimate of drug-likeness (QED) is 0.607. The molecule has 0 spiro atoms. The molecule has 1 atom stereocenters. The standard InChI is InChI=1S/C13H25NO4/c1-4-5-8-18-9-6-7-14(12(3)15)10-11(2)13(16)17/h11H,4-10H2,1-3H3,(H,16,17). The maximum Gasteiger partial charge on any atom is 0.308 e. The molecule has 0 bridgehead atoms. The lowest BCUT2D eigenvalue weighted by Crippen LogP contribution is -2.36. The van der Waals surface area contributed by atoms with Gasteiger partial charge in [-0.2, -0.15) is 0 Å². The van der Waals surface area contributed by atoms with Crippen LogP contribution in [0.1, 0.15) is 40.0 Å². The van der Waals surface area contributed by atoms with Gasteiger partial charge in [0.25, 0.3) is 0 Å². The summed E-state index contributed by atoms with van der Waals surface area (Å²) in [4.78, 5) is 23.7. The molecule has 1 unspecified atom stereocenters. The largest absolute Gasteiger partial charge is 0.481 e. The first-order chi connectivity index (χ1) is 8.49. The fourth-order valence-corrected chi connectivity index (χ4v) is 1.49. The fourth-order valence-electron chi connectivity index (χ4n) is 1.49. The third-order valence-corrected chi connectivity index (χ3v) is 2.72. The van der Waals surface area contributed by atoms with Crippen LogP contribution in [0.15, 0.2) is 0 Å². The van der Waals surface area contributed by atoms with Crippen LogP contribution in [0.2, 0.25) is 0 Å². The van der Waals surface area contributed by atoms with Crippen LogP contribution in [0.25, 0.3) is 0 Å². The van der Waals surface area contributed by atoms with Crippen molar-refractivity contribution in [2.45, 2.75) is 40.0 Å². The van der Waals surface area contributed by atoms with E-state index in [1.54, 1.807) is 11.8 Å². The predicted octanol–water partition coefficient (Wildman–Crippen LogP) is 1.76. The number of unbranched alkanes of at least 4 members (excludes halogenated alkanes) is 1. The minimum atomic E-state index is -0.875. The molecule has 0 aliphatic carbocycles. The Labute approximate surface area is 109 Å². The maximum absolute atomic E-state index is 11.4. The lowest BCUT2D eigenvalue weighted by Gasteiger charge is -2.23. The highest BCUT2D eigenvalue weighted by Gasteiger charge is 2.17. The SMILES string of the molecule is CCCCOCCCN(CC(C)C(=O)O)C(C)=O. The van der Waals surface area contributed by atoms with Crippen LogP contribution < -0.4 is 0 Å². The number of carboxylic acids is 1. The summed E-state index contributed by atoms with van der Waals surface area (Å²) in [5.74, 6) is -1.49. The van der Waals surface area contributed by atoms with Gasteiger partial charge in [0.2, 0.25) is 5.91 Å². The average molecular weight is 259 g/mol. The molecular weight excluding hydrogens is 234 g/mol. The molecule has 0 aliphatic heterocycles. The Bertz CT molecular complexity index is 255. The molecule has 0 aliphatic rings. The van der Waals surface area contributed by atoms with E-state index < -0.39 is 11.9 Å². The molecule has 0 saturated heterocycles. The number of nitrogens with zero attached hydrogens (tertiary/aromatic N) is 1. The highest BCUT2D eigenvalue weighted by atomic mass is 16.5. The summed E-state index contributed by atoms with van der Waals surface area (Å²) in [6.07, 6.45) is 2.90. The van der Waals surface area contributed by atoms with Crippen molar-refractivity contribution in [2.24, 2.45) is 5.92 Å². The topological polar surface area (TPSA) is 66.8 Å². The van der Waals surface area contributed by atoms with Crippen molar-refractivity contribution in [3.05, 3.63) is 0 Å². The zero-order valence-electron chi connectivity index (χ0n) is 11.6. The summed E-state index contributed by atoms with van der Waals surface area (Å²) < 4.78 is 5.40. The van der Waals surface area contributed by atoms with E-state index in [4.69, 9.17) is 9.84 Å². The van der Waals surface area contributed by atoms with Gasteiger partial charge in [0.1, 0.15) is 0 Å². The van der Waals surface area contributed by atoms with Gasteiger partial charge < -0.3 is 14.7 Å². The number of hydrogen-bond acceptors (Lipinski definition) is 3. The van der Waals surface area contributed by atoms with E-state index in [0.717, 1.165) is 25.9 Å². The molecule has 18 heavy (non-hydrogen) atoms. The van der Waals surface area contributed by atoms with Gasteiger partial charge in [0.05, 0.1) is 5.92 Å². The summed E-state index contributed by atoms with van der Waals surface area (Å²) in [5.41, 5.74) is 0. The molecule has 0 aromatic rings. The van der Waals surface area contributed by atoms with Crippen LogP contribution >= 0.6 is 0 Å². The molecule has 1 amide bonds. The Morgan fingerprint density at radius 2 is 1.89 bits per heavy atom. The summed E-state index contributed by atoms with van der Waals surface area (Å²) in [6, 6.07) is 0. The predicted molar refractivity (Wildman–Crippen MR) is 69.4 cm³/mol. The Hall–Kier alpha value is -1.10. The molecule has 0 aromatic carbocycles. The Morgan fingerprint density at radius 3 is 2.39 bits per heavy atom. The first-order valence-electron chi connectivity index (χ1n) is 6.55. The molecule has 0 fully saturated rings. The van der Waals surface area contributed by atoms with Crippen LogP contribution in [-0.4, -0.2) is 48.2 Å². The Kier molecular flexibility index (Phi) is 9.28. The van der Waals surface area contributed by atoms with E-state index in [1.165, 1.54) is 6.92 Å². The maximum atomic E-state index is 11.4. The molecule has 0 radical (unpaired) electrons. The van der Waals surface area contributed by atoms with Crippen molar-refractivity contribution in [2.75, 3.05) is 26.3 Å². The van der Waals surface area contributed by atoms with Gasteiger partial charge in [-0.15, -0.1) is 0 Å². The first-order valence-corrected chi connectivity index (χ1v) is 6.55. The first kappa shape index (κ1) is 16.9. The second kappa shape index (κ2) is 9.88. The second-order valence-electron chi connectivity index (χ2n) is 4.52. The van der Waals surface area contributed by atoms with Crippen LogP contribution in [0.3, 0.4) is 0 Å². The van der Waals surface area contributed by atoms with Gasteiger partial charge in [-0.3, -0.25) is 9.59 Å². The van der Waals surface area contributed by atoms with Crippen molar-refractivity contribution < 1.29 is 19.4 Å². The smallest absolute Gasteiger partial charge is 0.308 e. The van der Waals surface area contributed by atoms with Crippen LogP contribution in [0, 0.1) is 5.92 Å². The van der Waals surface area contributed by atoms with Crippen molar-refractivity contribution in [1.29, 1.82) is 0 Å². The van der Waals surface area contributed by atoms with Gasteiger partial charge in [-0.05, 0) is 12.8 Å². The van der Waals surface area contributed by atoms with Gasteiger partial charge in [-0.1, -0.05) is 20.3 Å². The van der Waals surface area contributed by atoms with Crippen LogP contribution in [-0.2, 0) is 14.3 Å². The van der Waals surface area contributed by atoms with E-state index in [-0.39, 0.29) is 12.5 Å². The highest BCUT2D eigenvalue weighted by Crippen LogP contribution is 2.02. The molecule has 1 N–H and O–H groups in total. The Balaban J connectivity index is 3.84. The van der Waals surface area contributed by atoms with Gasteiger partial charge in [0, 0.05) is 33.2 Å². The number of rotatable bonds is 10. The molecule has 0 heterocycles. The fraction of sp³-hybridized carbons (Fsp3) is 0.846. The minimum absolute atomic E-state index is 0.0864. The molecule has 5 heteroatoms. The summed E-state index contributed by atoms with van der Waals surface area (Å²) >= 11 is 0. The normalized spacial score (nSPS) is 12.2. The lowest BCUT2D eigenvalue weighted by atomic mass is 10.1. The van der Waals surface area contributed by atoms with Gasteiger partial charge >= 0.3 is 5.97 Å². The summed E-state index contributed by atoms with van der Waals surface area (Å²) in [6.45, 7) is 7.36. The van der Waals surface area contributed by atoms with Crippen molar-refractivity contribution in [3.63, 3.8) is 0 Å². The average Bonchev–Trinajstić information content (AvgIpc) is 2.31. The van der Waals surface area contributed by atoms with Gasteiger partial charge in [0.15, 0.2) is 0 Å². The lowest BCUT2D eigenvalue weighted by molar-refractivity contribution is -0.142. The van der Waals surface area contributed by atoms with Crippen molar-refractivity contribution in [3.8, 4) is 0 Å². The zero-order valence-corrected chi connectivity index (χ0v) is 11.6. The van der Waals surface area contributed by atoms with E-state index in [2.05, 4.69) is 6.92 Å². The van der Waals surface area contributed by atoms with E-state index >= 15 is 0 Å². The summed E-state index contributed by atoms with van der Waals surface area (Å²) in [7, 11) is 0. The monoisotopic (exact) mass is 259 g/mol.